The fourth-order valence-corrected chi connectivity index (χ4v) is 1.22. The van der Waals surface area contributed by atoms with Crippen molar-refractivity contribution in [2.45, 2.75) is 13.3 Å². The van der Waals surface area contributed by atoms with Gasteiger partial charge in [0.2, 0.25) is 0 Å². The van der Waals surface area contributed by atoms with E-state index in [1.807, 2.05) is 43.3 Å². The molecule has 0 aliphatic heterocycles. The molecule has 1 aromatic rings. The second-order valence-electron chi connectivity index (χ2n) is 2.81. The van der Waals surface area contributed by atoms with Crippen molar-refractivity contribution in [1.82, 2.24) is 0 Å². The Bertz CT molecular complexity index is 280. The van der Waals surface area contributed by atoms with Crippen LogP contribution >= 0.6 is 0 Å². The molecule has 0 amide bonds. The molecule has 1 rings (SSSR count). The molecule has 0 heterocycles. The van der Waals surface area contributed by atoms with E-state index < -0.39 is 7.12 Å². The summed E-state index contributed by atoms with van der Waals surface area (Å²) in [5.41, 5.74) is 1.43. The third-order valence-electron chi connectivity index (χ3n) is 1.81. The van der Waals surface area contributed by atoms with E-state index in [1.54, 1.807) is 0 Å². The van der Waals surface area contributed by atoms with Crippen molar-refractivity contribution in [2.24, 2.45) is 0 Å². The molecule has 1 aromatic carbocycles. The van der Waals surface area contributed by atoms with Crippen LogP contribution < -0.4 is 0 Å². The highest BCUT2D eigenvalue weighted by atomic mass is 16.4. The third kappa shape index (κ3) is 2.72. The molecule has 0 atom stereocenters. The van der Waals surface area contributed by atoms with Crippen LogP contribution in [0.3, 0.4) is 0 Å². The summed E-state index contributed by atoms with van der Waals surface area (Å²) in [6.07, 6.45) is 2.61. The first-order valence-corrected chi connectivity index (χ1v) is 4.37. The first-order valence-electron chi connectivity index (χ1n) is 4.37. The molecule has 0 fully saturated rings. The number of allylic oxidation sites excluding steroid dienone is 1. The highest BCUT2D eigenvalue weighted by molar-refractivity contribution is 6.65. The summed E-state index contributed by atoms with van der Waals surface area (Å²) in [7, 11) is -1.39. The van der Waals surface area contributed by atoms with Crippen LogP contribution in [0.4, 0.5) is 0 Å². The Morgan fingerprint density at radius 3 is 2.38 bits per heavy atom. The molecule has 0 aliphatic rings. The van der Waals surface area contributed by atoms with Crippen LogP contribution in [0, 0.1) is 0 Å². The zero-order valence-corrected chi connectivity index (χ0v) is 7.64. The number of hydrogen-bond acceptors (Lipinski definition) is 2. The van der Waals surface area contributed by atoms with Crippen molar-refractivity contribution in [3.63, 3.8) is 0 Å². The van der Waals surface area contributed by atoms with Crippen molar-refractivity contribution in [3.05, 3.63) is 42.0 Å². The average molecular weight is 176 g/mol. The summed E-state index contributed by atoms with van der Waals surface area (Å²) in [5, 5.41) is 18.2. The molecular formula is C10H13BO2. The molecule has 0 bridgehead atoms. The molecular weight excluding hydrogens is 163 g/mol. The van der Waals surface area contributed by atoms with Crippen LogP contribution in [-0.2, 0) is 0 Å². The van der Waals surface area contributed by atoms with Gasteiger partial charge >= 0.3 is 7.12 Å². The Balaban J connectivity index is 2.96. The minimum absolute atomic E-state index is 0.572. The molecule has 2 N–H and O–H groups in total. The van der Waals surface area contributed by atoms with Gasteiger partial charge in [0.15, 0.2) is 0 Å². The van der Waals surface area contributed by atoms with Crippen molar-refractivity contribution in [1.29, 1.82) is 0 Å². The second-order valence-corrected chi connectivity index (χ2v) is 2.81. The van der Waals surface area contributed by atoms with Gasteiger partial charge in [-0.25, -0.2) is 0 Å². The van der Waals surface area contributed by atoms with Gasteiger partial charge in [0.25, 0.3) is 0 Å². The molecule has 0 radical (unpaired) electrons. The lowest BCUT2D eigenvalue weighted by atomic mass is 9.74. The van der Waals surface area contributed by atoms with Gasteiger partial charge in [-0.15, -0.1) is 0 Å². The van der Waals surface area contributed by atoms with Crippen LogP contribution in [0.5, 0.6) is 0 Å². The van der Waals surface area contributed by atoms with E-state index >= 15 is 0 Å². The lowest BCUT2D eigenvalue weighted by molar-refractivity contribution is 0.427. The summed E-state index contributed by atoms with van der Waals surface area (Å²) in [6.45, 7) is 1.96. The highest BCUT2D eigenvalue weighted by Crippen LogP contribution is 2.15. The third-order valence-corrected chi connectivity index (χ3v) is 1.81. The molecule has 0 aliphatic carbocycles. The largest absolute Gasteiger partial charge is 0.488 e. The zero-order valence-electron chi connectivity index (χ0n) is 7.64. The molecule has 0 spiro atoms. The van der Waals surface area contributed by atoms with E-state index in [1.165, 1.54) is 0 Å². The summed E-state index contributed by atoms with van der Waals surface area (Å²) >= 11 is 0. The Morgan fingerprint density at radius 1 is 1.31 bits per heavy atom. The van der Waals surface area contributed by atoms with Crippen molar-refractivity contribution in [2.75, 3.05) is 0 Å². The number of benzene rings is 1. The molecule has 13 heavy (non-hydrogen) atoms. The smallest absolute Gasteiger partial charge is 0.423 e. The Kier molecular flexibility index (Phi) is 3.74. The van der Waals surface area contributed by atoms with Crippen LogP contribution in [0.25, 0.3) is 5.47 Å². The molecule has 0 aromatic heterocycles. The minimum atomic E-state index is -1.39. The normalized spacial score (nSPS) is 11.5. The van der Waals surface area contributed by atoms with Gasteiger partial charge in [-0.3, -0.25) is 0 Å². The predicted molar refractivity (Wildman–Crippen MR) is 54.9 cm³/mol. The van der Waals surface area contributed by atoms with Gasteiger partial charge in [-0.05, 0) is 17.5 Å². The summed E-state index contributed by atoms with van der Waals surface area (Å²) in [5.74, 6) is 0. The monoisotopic (exact) mass is 176 g/mol. The van der Waals surface area contributed by atoms with Crippen molar-refractivity contribution >= 4 is 12.6 Å². The summed E-state index contributed by atoms with van der Waals surface area (Å²) < 4.78 is 0. The van der Waals surface area contributed by atoms with Gasteiger partial charge in [-0.2, -0.15) is 0 Å². The molecule has 3 heteroatoms. The minimum Gasteiger partial charge on any atom is -0.423 e. The quantitative estimate of drug-likeness (QED) is 0.685. The lowest BCUT2D eigenvalue weighted by Gasteiger charge is -2.05. The van der Waals surface area contributed by atoms with Crippen molar-refractivity contribution in [3.8, 4) is 0 Å². The first-order chi connectivity index (χ1) is 6.25. The standard InChI is InChI=1S/C10H13BO2/c1-2-6-10(11(12)13)9-7-4-3-5-8-9/h3-8,12-13H,2H2,1H3/b10-6-. The van der Waals surface area contributed by atoms with Crippen LogP contribution in [0.15, 0.2) is 36.4 Å². The van der Waals surface area contributed by atoms with Gasteiger partial charge in [0.1, 0.15) is 0 Å². The van der Waals surface area contributed by atoms with E-state index in [0.29, 0.717) is 5.47 Å². The Hall–Kier alpha value is -1.06. The maximum Gasteiger partial charge on any atom is 0.488 e. The topological polar surface area (TPSA) is 40.5 Å². The van der Waals surface area contributed by atoms with E-state index in [-0.39, 0.29) is 0 Å². The van der Waals surface area contributed by atoms with E-state index in [4.69, 9.17) is 10.0 Å². The fraction of sp³-hybridized carbons (Fsp3) is 0.200. The van der Waals surface area contributed by atoms with Gasteiger partial charge < -0.3 is 10.0 Å². The summed E-state index contributed by atoms with van der Waals surface area (Å²) in [6, 6.07) is 9.38. The van der Waals surface area contributed by atoms with E-state index in [0.717, 1.165) is 12.0 Å². The highest BCUT2D eigenvalue weighted by Gasteiger charge is 2.15. The molecule has 68 valence electrons. The van der Waals surface area contributed by atoms with Gasteiger partial charge in [0, 0.05) is 0 Å². The van der Waals surface area contributed by atoms with E-state index in [9.17, 15) is 0 Å². The first kappa shape index (κ1) is 10.0. The van der Waals surface area contributed by atoms with E-state index in [2.05, 4.69) is 0 Å². The molecule has 0 saturated carbocycles. The number of rotatable bonds is 3. The molecule has 0 unspecified atom stereocenters. The second kappa shape index (κ2) is 4.85. The SMILES string of the molecule is CC/C=C(\B(O)O)c1ccccc1. The maximum atomic E-state index is 9.08. The maximum absolute atomic E-state index is 9.08. The van der Waals surface area contributed by atoms with Crippen LogP contribution in [0.2, 0.25) is 0 Å². The fourth-order valence-electron chi connectivity index (χ4n) is 1.22. The molecule has 2 nitrogen and oxygen atoms in total. The summed E-state index contributed by atoms with van der Waals surface area (Å²) in [4.78, 5) is 0. The zero-order chi connectivity index (χ0) is 9.68. The van der Waals surface area contributed by atoms with Gasteiger partial charge in [0.05, 0.1) is 0 Å². The average Bonchev–Trinajstić information content (AvgIpc) is 2.15. The van der Waals surface area contributed by atoms with Crippen LogP contribution in [0.1, 0.15) is 18.9 Å². The molecule has 0 saturated heterocycles. The number of hydrogen-bond donors (Lipinski definition) is 2. The van der Waals surface area contributed by atoms with Gasteiger partial charge in [-0.1, -0.05) is 43.3 Å². The van der Waals surface area contributed by atoms with Crippen molar-refractivity contribution < 1.29 is 10.0 Å². The van der Waals surface area contributed by atoms with Crippen LogP contribution in [-0.4, -0.2) is 17.2 Å². The Morgan fingerprint density at radius 2 is 1.92 bits per heavy atom. The Labute approximate surface area is 78.7 Å². The predicted octanol–water partition coefficient (Wildman–Crippen LogP) is 1.49. The lowest BCUT2D eigenvalue weighted by Crippen LogP contribution is -2.14.